The molecule has 1 unspecified atom stereocenters. The maximum Gasteiger partial charge on any atom is 0.137 e. The maximum absolute atomic E-state index is 5.70. The minimum Gasteiger partial charge on any atom is -0.490 e. The lowest BCUT2D eigenvalue weighted by atomic mass is 10.2. The van der Waals surface area contributed by atoms with Gasteiger partial charge in [-0.3, -0.25) is 4.98 Å². The van der Waals surface area contributed by atoms with Crippen LogP contribution in [0.4, 0.5) is 0 Å². The Morgan fingerprint density at radius 2 is 2.00 bits per heavy atom. The first-order valence-electron chi connectivity index (χ1n) is 5.65. The molecule has 17 heavy (non-hydrogen) atoms. The van der Waals surface area contributed by atoms with E-state index in [4.69, 9.17) is 19.9 Å². The van der Waals surface area contributed by atoms with E-state index in [2.05, 4.69) is 4.98 Å². The summed E-state index contributed by atoms with van der Waals surface area (Å²) in [4.78, 5) is 4.20. The van der Waals surface area contributed by atoms with E-state index in [1.807, 2.05) is 19.1 Å². The molecule has 1 aromatic rings. The van der Waals surface area contributed by atoms with Crippen LogP contribution in [0.3, 0.4) is 0 Å². The van der Waals surface area contributed by atoms with Crippen molar-refractivity contribution in [3.05, 3.63) is 24.0 Å². The normalized spacial score (nSPS) is 12.4. The van der Waals surface area contributed by atoms with Gasteiger partial charge in [-0.1, -0.05) is 0 Å². The summed E-state index contributed by atoms with van der Waals surface area (Å²) in [5.41, 5.74) is 6.55. The van der Waals surface area contributed by atoms with Gasteiger partial charge in [-0.25, -0.2) is 0 Å². The molecule has 1 atom stereocenters. The second kappa shape index (κ2) is 8.00. The third kappa shape index (κ3) is 5.63. The molecule has 0 aromatic carbocycles. The van der Waals surface area contributed by atoms with E-state index in [1.54, 1.807) is 13.3 Å². The second-order valence-corrected chi connectivity index (χ2v) is 3.66. The summed E-state index contributed by atoms with van der Waals surface area (Å²) in [6, 6.07) is 3.67. The first kappa shape index (κ1) is 13.9. The molecule has 0 saturated carbocycles. The van der Waals surface area contributed by atoms with Crippen LogP contribution in [0.25, 0.3) is 0 Å². The van der Waals surface area contributed by atoms with Gasteiger partial charge in [-0.2, -0.15) is 0 Å². The summed E-state index contributed by atoms with van der Waals surface area (Å²) < 4.78 is 15.6. The number of hydrogen-bond acceptors (Lipinski definition) is 5. The third-order valence-corrected chi connectivity index (χ3v) is 2.15. The van der Waals surface area contributed by atoms with Gasteiger partial charge in [0.2, 0.25) is 0 Å². The van der Waals surface area contributed by atoms with Gasteiger partial charge in [0.1, 0.15) is 12.4 Å². The summed E-state index contributed by atoms with van der Waals surface area (Å²) in [6.07, 6.45) is 1.67. The molecule has 0 aliphatic heterocycles. The molecule has 0 radical (unpaired) electrons. The zero-order valence-corrected chi connectivity index (χ0v) is 10.4. The van der Waals surface area contributed by atoms with Gasteiger partial charge in [0.25, 0.3) is 0 Å². The quantitative estimate of drug-likeness (QED) is 0.690. The van der Waals surface area contributed by atoms with Gasteiger partial charge in [0.05, 0.1) is 31.7 Å². The average Bonchev–Trinajstić information content (AvgIpc) is 2.34. The summed E-state index contributed by atoms with van der Waals surface area (Å²) >= 11 is 0. The Kier molecular flexibility index (Phi) is 6.54. The fourth-order valence-electron chi connectivity index (χ4n) is 1.21. The van der Waals surface area contributed by atoms with E-state index in [0.29, 0.717) is 26.4 Å². The Balaban J connectivity index is 2.19. The zero-order chi connectivity index (χ0) is 12.5. The van der Waals surface area contributed by atoms with Crippen LogP contribution in [0.1, 0.15) is 18.7 Å². The first-order valence-corrected chi connectivity index (χ1v) is 5.65. The van der Waals surface area contributed by atoms with Crippen molar-refractivity contribution in [1.82, 2.24) is 4.98 Å². The second-order valence-electron chi connectivity index (χ2n) is 3.66. The Bertz CT molecular complexity index is 301. The molecule has 96 valence electrons. The minimum atomic E-state index is -0.0542. The van der Waals surface area contributed by atoms with Crippen LogP contribution in [-0.4, -0.2) is 38.5 Å². The van der Waals surface area contributed by atoms with Gasteiger partial charge >= 0.3 is 0 Å². The van der Waals surface area contributed by atoms with Crippen molar-refractivity contribution in [2.75, 3.05) is 33.5 Å². The van der Waals surface area contributed by atoms with E-state index in [1.165, 1.54) is 0 Å². The van der Waals surface area contributed by atoms with Crippen LogP contribution in [0.5, 0.6) is 5.75 Å². The summed E-state index contributed by atoms with van der Waals surface area (Å²) in [5.74, 6) is 0.727. The van der Waals surface area contributed by atoms with E-state index < -0.39 is 0 Å². The zero-order valence-electron chi connectivity index (χ0n) is 10.4. The Hall–Kier alpha value is -1.17. The van der Waals surface area contributed by atoms with Crippen LogP contribution in [0, 0.1) is 0 Å². The van der Waals surface area contributed by atoms with Crippen LogP contribution >= 0.6 is 0 Å². The molecule has 0 bridgehead atoms. The highest BCUT2D eigenvalue weighted by atomic mass is 16.5. The molecule has 0 saturated heterocycles. The predicted octanol–water partition coefficient (Wildman–Crippen LogP) is 1.14. The van der Waals surface area contributed by atoms with Gasteiger partial charge in [-0.15, -0.1) is 0 Å². The maximum atomic E-state index is 5.70. The number of ether oxygens (including phenoxy) is 3. The highest BCUT2D eigenvalue weighted by molar-refractivity contribution is 5.21. The standard InChI is InChI=1S/C12H20N2O3/c1-10(13)12-4-3-11(9-14-12)17-8-7-16-6-5-15-2/h3-4,9-10H,5-8,13H2,1-2H3. The highest BCUT2D eigenvalue weighted by Crippen LogP contribution is 2.12. The molecule has 0 aliphatic rings. The van der Waals surface area contributed by atoms with Crippen molar-refractivity contribution >= 4 is 0 Å². The summed E-state index contributed by atoms with van der Waals surface area (Å²) in [6.45, 7) is 4.13. The third-order valence-electron chi connectivity index (χ3n) is 2.15. The summed E-state index contributed by atoms with van der Waals surface area (Å²) in [7, 11) is 1.64. The van der Waals surface area contributed by atoms with Crippen molar-refractivity contribution < 1.29 is 14.2 Å². The SMILES string of the molecule is COCCOCCOc1ccc(C(C)N)nc1. The molecular formula is C12H20N2O3. The first-order chi connectivity index (χ1) is 8.24. The molecule has 0 amide bonds. The Morgan fingerprint density at radius 3 is 2.59 bits per heavy atom. The average molecular weight is 240 g/mol. The van der Waals surface area contributed by atoms with Gasteiger partial charge < -0.3 is 19.9 Å². The molecule has 2 N–H and O–H groups in total. The number of nitrogens with zero attached hydrogens (tertiary/aromatic N) is 1. The van der Waals surface area contributed by atoms with E-state index in [9.17, 15) is 0 Å². The number of methoxy groups -OCH3 is 1. The Labute approximate surface area is 102 Å². The molecule has 0 aliphatic carbocycles. The van der Waals surface area contributed by atoms with Gasteiger partial charge in [0, 0.05) is 13.2 Å². The highest BCUT2D eigenvalue weighted by Gasteiger charge is 2.01. The predicted molar refractivity (Wildman–Crippen MR) is 65.0 cm³/mol. The van der Waals surface area contributed by atoms with Crippen LogP contribution in [0.2, 0.25) is 0 Å². The van der Waals surface area contributed by atoms with Gasteiger partial charge in [-0.05, 0) is 19.1 Å². The van der Waals surface area contributed by atoms with Crippen molar-refractivity contribution in [2.24, 2.45) is 5.73 Å². The number of aromatic nitrogens is 1. The molecule has 1 aromatic heterocycles. The van der Waals surface area contributed by atoms with E-state index in [-0.39, 0.29) is 6.04 Å². The number of nitrogens with two attached hydrogens (primary N) is 1. The topological polar surface area (TPSA) is 66.6 Å². The molecule has 0 fully saturated rings. The number of pyridine rings is 1. The molecule has 5 nitrogen and oxygen atoms in total. The fraction of sp³-hybridized carbons (Fsp3) is 0.583. The Morgan fingerprint density at radius 1 is 1.24 bits per heavy atom. The lowest BCUT2D eigenvalue weighted by Gasteiger charge is -2.08. The lowest BCUT2D eigenvalue weighted by Crippen LogP contribution is -2.10. The minimum absolute atomic E-state index is 0.0542. The van der Waals surface area contributed by atoms with Gasteiger partial charge in [0.15, 0.2) is 0 Å². The molecule has 0 spiro atoms. The van der Waals surface area contributed by atoms with Crippen molar-refractivity contribution in [3.63, 3.8) is 0 Å². The number of hydrogen-bond donors (Lipinski definition) is 1. The van der Waals surface area contributed by atoms with E-state index >= 15 is 0 Å². The van der Waals surface area contributed by atoms with Crippen LogP contribution in [-0.2, 0) is 9.47 Å². The van der Waals surface area contributed by atoms with Crippen molar-refractivity contribution in [3.8, 4) is 5.75 Å². The number of rotatable bonds is 8. The smallest absolute Gasteiger partial charge is 0.137 e. The molecular weight excluding hydrogens is 220 g/mol. The molecule has 1 heterocycles. The summed E-state index contributed by atoms with van der Waals surface area (Å²) in [5, 5.41) is 0. The largest absolute Gasteiger partial charge is 0.490 e. The van der Waals surface area contributed by atoms with Crippen molar-refractivity contribution in [1.29, 1.82) is 0 Å². The molecule has 5 heteroatoms. The van der Waals surface area contributed by atoms with Crippen LogP contribution < -0.4 is 10.5 Å². The molecule has 1 rings (SSSR count). The monoisotopic (exact) mass is 240 g/mol. The van der Waals surface area contributed by atoms with Crippen molar-refractivity contribution in [2.45, 2.75) is 13.0 Å². The van der Waals surface area contributed by atoms with Crippen LogP contribution in [0.15, 0.2) is 18.3 Å². The van der Waals surface area contributed by atoms with E-state index in [0.717, 1.165) is 11.4 Å². The fourth-order valence-corrected chi connectivity index (χ4v) is 1.21. The lowest BCUT2D eigenvalue weighted by molar-refractivity contribution is 0.0543.